The zero-order valence-corrected chi connectivity index (χ0v) is 16.5. The summed E-state index contributed by atoms with van der Waals surface area (Å²) >= 11 is 7.59. The standard InChI is InChI=1S/C19H19ClN2O4S/c1-25-9-4-8-22-18(23)16(15-5-3-10-27-15)17(19(22)24)21-12-6-7-14(26-2)13(20)11-12/h3,5-7,10-11,21H,4,8-9H2,1-2H3. The van der Waals surface area contributed by atoms with Crippen LogP contribution in [-0.2, 0) is 14.3 Å². The molecule has 6 nitrogen and oxygen atoms in total. The molecule has 0 aliphatic carbocycles. The normalized spacial score (nSPS) is 14.3. The predicted molar refractivity (Wildman–Crippen MR) is 106 cm³/mol. The van der Waals surface area contributed by atoms with Crippen molar-refractivity contribution in [3.63, 3.8) is 0 Å². The van der Waals surface area contributed by atoms with Crippen molar-refractivity contribution in [1.29, 1.82) is 0 Å². The average molecular weight is 407 g/mol. The Balaban J connectivity index is 1.94. The first-order valence-electron chi connectivity index (χ1n) is 8.30. The van der Waals surface area contributed by atoms with Gasteiger partial charge in [0.15, 0.2) is 0 Å². The van der Waals surface area contributed by atoms with E-state index >= 15 is 0 Å². The van der Waals surface area contributed by atoms with Crippen LogP contribution in [0.5, 0.6) is 5.75 Å². The Hall–Kier alpha value is -2.35. The van der Waals surface area contributed by atoms with E-state index < -0.39 is 0 Å². The van der Waals surface area contributed by atoms with Gasteiger partial charge in [-0.3, -0.25) is 14.5 Å². The second-order valence-electron chi connectivity index (χ2n) is 5.81. The van der Waals surface area contributed by atoms with Gasteiger partial charge >= 0.3 is 0 Å². The molecule has 0 bridgehead atoms. The molecular weight excluding hydrogens is 388 g/mol. The van der Waals surface area contributed by atoms with Gasteiger partial charge in [-0.1, -0.05) is 17.7 Å². The molecule has 3 rings (SSSR count). The number of hydrogen-bond donors (Lipinski definition) is 1. The fraction of sp³-hybridized carbons (Fsp3) is 0.263. The highest BCUT2D eigenvalue weighted by molar-refractivity contribution is 7.11. The molecule has 0 saturated carbocycles. The summed E-state index contributed by atoms with van der Waals surface area (Å²) in [5, 5.41) is 5.36. The van der Waals surface area contributed by atoms with Gasteiger partial charge in [0, 0.05) is 30.8 Å². The van der Waals surface area contributed by atoms with E-state index in [1.165, 1.54) is 23.3 Å². The van der Waals surface area contributed by atoms with E-state index in [1.807, 2.05) is 17.5 Å². The molecule has 142 valence electrons. The van der Waals surface area contributed by atoms with Crippen LogP contribution in [0.25, 0.3) is 5.57 Å². The fourth-order valence-electron chi connectivity index (χ4n) is 2.80. The zero-order chi connectivity index (χ0) is 19.4. The number of carbonyl (C=O) groups is 2. The van der Waals surface area contributed by atoms with Crippen molar-refractivity contribution in [3.05, 3.63) is 51.3 Å². The third-order valence-corrected chi connectivity index (χ3v) is 5.27. The highest BCUT2D eigenvalue weighted by Gasteiger charge is 2.39. The maximum atomic E-state index is 12.9. The molecule has 0 fully saturated rings. The van der Waals surface area contributed by atoms with Crippen LogP contribution in [0.1, 0.15) is 11.3 Å². The lowest BCUT2D eigenvalue weighted by Gasteiger charge is -2.15. The molecule has 0 saturated heterocycles. The second kappa shape index (κ2) is 8.56. The maximum Gasteiger partial charge on any atom is 0.278 e. The largest absolute Gasteiger partial charge is 0.495 e. The Morgan fingerprint density at radius 3 is 2.63 bits per heavy atom. The summed E-state index contributed by atoms with van der Waals surface area (Å²) in [6.07, 6.45) is 0.577. The van der Waals surface area contributed by atoms with E-state index in [-0.39, 0.29) is 17.5 Å². The number of rotatable bonds is 8. The highest BCUT2D eigenvalue weighted by Crippen LogP contribution is 2.34. The van der Waals surface area contributed by atoms with E-state index in [2.05, 4.69) is 5.32 Å². The van der Waals surface area contributed by atoms with Crippen molar-refractivity contribution < 1.29 is 19.1 Å². The number of anilines is 1. The minimum absolute atomic E-state index is 0.251. The van der Waals surface area contributed by atoms with Gasteiger partial charge in [0.05, 0.1) is 17.7 Å². The van der Waals surface area contributed by atoms with Gasteiger partial charge in [-0.2, -0.15) is 0 Å². The monoisotopic (exact) mass is 406 g/mol. The Labute approximate surface area is 166 Å². The first kappa shape index (κ1) is 19.4. The van der Waals surface area contributed by atoms with Gasteiger partial charge in [0.25, 0.3) is 11.8 Å². The summed E-state index contributed by atoms with van der Waals surface area (Å²) in [6.45, 7) is 0.775. The lowest BCUT2D eigenvalue weighted by atomic mass is 10.2. The van der Waals surface area contributed by atoms with Gasteiger partial charge in [-0.25, -0.2) is 0 Å². The Kier molecular flexibility index (Phi) is 6.15. The Bertz CT molecular complexity index is 880. The van der Waals surface area contributed by atoms with E-state index in [4.69, 9.17) is 21.1 Å². The minimum atomic E-state index is -0.355. The number of thiophene rings is 1. The van der Waals surface area contributed by atoms with Gasteiger partial charge < -0.3 is 14.8 Å². The van der Waals surface area contributed by atoms with E-state index in [0.717, 1.165) is 4.88 Å². The summed E-state index contributed by atoms with van der Waals surface area (Å²) in [6, 6.07) is 8.78. The number of imide groups is 1. The summed E-state index contributed by atoms with van der Waals surface area (Å²) in [5.41, 5.74) is 1.23. The molecule has 0 atom stereocenters. The minimum Gasteiger partial charge on any atom is -0.495 e. The number of carbonyl (C=O) groups excluding carboxylic acids is 2. The number of amides is 2. The smallest absolute Gasteiger partial charge is 0.278 e. The lowest BCUT2D eigenvalue weighted by molar-refractivity contribution is -0.136. The van der Waals surface area contributed by atoms with Crippen LogP contribution in [0.3, 0.4) is 0 Å². The first-order chi connectivity index (χ1) is 13.1. The number of nitrogens with zero attached hydrogens (tertiary/aromatic N) is 1. The molecule has 0 unspecified atom stereocenters. The van der Waals surface area contributed by atoms with E-state index in [1.54, 1.807) is 25.3 Å². The molecule has 8 heteroatoms. The summed E-state index contributed by atoms with van der Waals surface area (Å²) in [4.78, 5) is 27.8. The topological polar surface area (TPSA) is 67.9 Å². The number of methoxy groups -OCH3 is 2. The Morgan fingerprint density at radius 1 is 1.19 bits per heavy atom. The van der Waals surface area contributed by atoms with Gasteiger partial charge in [-0.05, 0) is 36.1 Å². The average Bonchev–Trinajstić information content (AvgIpc) is 3.25. The molecule has 1 N–H and O–H groups in total. The van der Waals surface area contributed by atoms with Crippen LogP contribution in [0, 0.1) is 0 Å². The van der Waals surface area contributed by atoms with Crippen molar-refractivity contribution in [2.24, 2.45) is 0 Å². The summed E-state index contributed by atoms with van der Waals surface area (Å²) < 4.78 is 10.2. The number of hydrogen-bond acceptors (Lipinski definition) is 6. The number of ether oxygens (including phenoxy) is 2. The van der Waals surface area contributed by atoms with Crippen molar-refractivity contribution in [3.8, 4) is 5.75 Å². The van der Waals surface area contributed by atoms with Crippen LogP contribution < -0.4 is 10.1 Å². The number of nitrogens with one attached hydrogen (secondary N) is 1. The third-order valence-electron chi connectivity index (χ3n) is 4.09. The molecule has 2 heterocycles. The summed E-state index contributed by atoms with van der Waals surface area (Å²) in [7, 11) is 3.12. The van der Waals surface area contributed by atoms with Crippen LogP contribution in [0.15, 0.2) is 41.4 Å². The highest BCUT2D eigenvalue weighted by atomic mass is 35.5. The van der Waals surface area contributed by atoms with Crippen LogP contribution in [0.4, 0.5) is 5.69 Å². The lowest BCUT2D eigenvalue weighted by Crippen LogP contribution is -2.33. The number of benzene rings is 1. The second-order valence-corrected chi connectivity index (χ2v) is 7.16. The van der Waals surface area contributed by atoms with Crippen molar-refractivity contribution in [2.45, 2.75) is 6.42 Å². The molecule has 1 aliphatic heterocycles. The van der Waals surface area contributed by atoms with Crippen LogP contribution in [-0.4, -0.2) is 44.1 Å². The van der Waals surface area contributed by atoms with Crippen molar-refractivity contribution in [1.82, 2.24) is 4.90 Å². The van der Waals surface area contributed by atoms with E-state index in [0.29, 0.717) is 41.6 Å². The first-order valence-corrected chi connectivity index (χ1v) is 9.56. The summed E-state index contributed by atoms with van der Waals surface area (Å²) in [5.74, 6) is -0.128. The predicted octanol–water partition coefficient (Wildman–Crippen LogP) is 3.64. The molecule has 1 aromatic carbocycles. The van der Waals surface area contributed by atoms with Gasteiger partial charge in [0.1, 0.15) is 11.4 Å². The Morgan fingerprint density at radius 2 is 2.00 bits per heavy atom. The molecule has 1 aliphatic rings. The van der Waals surface area contributed by atoms with Crippen molar-refractivity contribution in [2.75, 3.05) is 32.7 Å². The molecule has 2 amide bonds. The molecule has 27 heavy (non-hydrogen) atoms. The fourth-order valence-corrected chi connectivity index (χ4v) is 3.83. The molecule has 1 aromatic heterocycles. The van der Waals surface area contributed by atoms with Crippen LogP contribution >= 0.6 is 22.9 Å². The number of halogens is 1. The van der Waals surface area contributed by atoms with Gasteiger partial charge in [0.2, 0.25) is 0 Å². The van der Waals surface area contributed by atoms with E-state index in [9.17, 15) is 9.59 Å². The SMILES string of the molecule is COCCCN1C(=O)C(Nc2ccc(OC)c(Cl)c2)=C(c2cccs2)C1=O. The third kappa shape index (κ3) is 4.00. The van der Waals surface area contributed by atoms with Crippen LogP contribution in [0.2, 0.25) is 5.02 Å². The quantitative estimate of drug-likeness (QED) is 0.535. The molecule has 0 spiro atoms. The van der Waals surface area contributed by atoms with Gasteiger partial charge in [-0.15, -0.1) is 11.3 Å². The van der Waals surface area contributed by atoms with Crippen molar-refractivity contribution >= 4 is 46.0 Å². The maximum absolute atomic E-state index is 12.9. The molecule has 0 radical (unpaired) electrons. The zero-order valence-electron chi connectivity index (χ0n) is 15.0. The molecular formula is C19H19ClN2O4S. The molecule has 2 aromatic rings.